The minimum Gasteiger partial charge on any atom is -0.435 e. The van der Waals surface area contributed by atoms with Crippen LogP contribution in [0.2, 0.25) is 0 Å². The second-order valence-electron chi connectivity index (χ2n) is 9.75. The molecule has 0 aliphatic heterocycles. The summed E-state index contributed by atoms with van der Waals surface area (Å²) in [4.78, 5) is 38.0. The lowest BCUT2D eigenvalue weighted by atomic mass is 10.1. The summed E-state index contributed by atoms with van der Waals surface area (Å²) in [6.07, 6.45) is -1.94. The first-order chi connectivity index (χ1) is 21.0. The first-order valence-corrected chi connectivity index (χ1v) is 13.1. The number of benzene rings is 3. The van der Waals surface area contributed by atoms with Crippen molar-refractivity contribution in [3.05, 3.63) is 107 Å². The molecule has 0 unspecified atom stereocenters. The Morgan fingerprint density at radius 3 is 2.52 bits per heavy atom. The van der Waals surface area contributed by atoms with Crippen LogP contribution in [0.1, 0.15) is 16.1 Å². The lowest BCUT2D eigenvalue weighted by Gasteiger charge is -2.16. The molecular weight excluding hydrogens is 582 g/mol. The lowest BCUT2D eigenvalue weighted by Crippen LogP contribution is -2.26. The summed E-state index contributed by atoms with van der Waals surface area (Å²) in [5, 5.41) is 2.87. The Kier molecular flexibility index (Phi) is 7.00. The highest BCUT2D eigenvalue weighted by atomic mass is 19.4. The van der Waals surface area contributed by atoms with Crippen LogP contribution in [0.5, 0.6) is 17.4 Å². The van der Waals surface area contributed by atoms with Gasteiger partial charge in [0, 0.05) is 36.3 Å². The van der Waals surface area contributed by atoms with E-state index in [2.05, 4.69) is 25.0 Å². The van der Waals surface area contributed by atoms with Gasteiger partial charge in [0.1, 0.15) is 23.3 Å². The van der Waals surface area contributed by atoms with Crippen LogP contribution in [0.3, 0.4) is 0 Å². The number of hydrogen-bond donors (Lipinski definition) is 2. The van der Waals surface area contributed by atoms with Crippen LogP contribution in [0, 0.1) is 12.7 Å². The van der Waals surface area contributed by atoms with Gasteiger partial charge in [-0.25, -0.2) is 14.4 Å². The molecule has 9 nitrogen and oxygen atoms in total. The third-order valence-corrected chi connectivity index (χ3v) is 7.04. The minimum absolute atomic E-state index is 0.00927. The monoisotopic (exact) mass is 603 g/mol. The van der Waals surface area contributed by atoms with Gasteiger partial charge in [-0.3, -0.25) is 9.59 Å². The SMILES string of the molecule is Cc1c(C(=O)Nc2ccc(Oc3ncnc4[nH]cc(-c5ccccc5)c34)c(F)c2)c(=O)c2cc(OC(F)(F)F)ccc2n1C. The zero-order valence-corrected chi connectivity index (χ0v) is 23.0. The number of carbonyl (C=O) groups is 1. The van der Waals surface area contributed by atoms with Crippen molar-refractivity contribution in [1.82, 2.24) is 19.5 Å². The highest BCUT2D eigenvalue weighted by Crippen LogP contribution is 2.36. The third kappa shape index (κ3) is 5.30. The van der Waals surface area contributed by atoms with Gasteiger partial charge < -0.3 is 24.3 Å². The van der Waals surface area contributed by atoms with E-state index < -0.39 is 29.3 Å². The molecule has 0 aliphatic carbocycles. The number of alkyl halides is 3. The number of aryl methyl sites for hydroxylation is 1. The van der Waals surface area contributed by atoms with E-state index in [0.717, 1.165) is 29.3 Å². The number of rotatable bonds is 6. The summed E-state index contributed by atoms with van der Waals surface area (Å²) < 4.78 is 64.7. The average Bonchev–Trinajstić information content (AvgIpc) is 3.42. The van der Waals surface area contributed by atoms with E-state index in [1.54, 1.807) is 13.2 Å². The number of nitrogens with zero attached hydrogens (tertiary/aromatic N) is 3. The van der Waals surface area contributed by atoms with Crippen molar-refractivity contribution in [3.63, 3.8) is 0 Å². The quantitative estimate of drug-likeness (QED) is 0.201. The van der Waals surface area contributed by atoms with Crippen molar-refractivity contribution in [2.45, 2.75) is 13.3 Å². The van der Waals surface area contributed by atoms with Crippen molar-refractivity contribution in [2.75, 3.05) is 5.32 Å². The number of hydrogen-bond acceptors (Lipinski definition) is 6. The van der Waals surface area contributed by atoms with Gasteiger partial charge in [-0.2, -0.15) is 0 Å². The normalized spacial score (nSPS) is 11.6. The molecule has 2 N–H and O–H groups in total. The van der Waals surface area contributed by atoms with Gasteiger partial charge in [0.05, 0.1) is 16.3 Å². The van der Waals surface area contributed by atoms with Gasteiger partial charge >= 0.3 is 6.36 Å². The van der Waals surface area contributed by atoms with Gasteiger partial charge in [-0.1, -0.05) is 30.3 Å². The van der Waals surface area contributed by atoms with Crippen LogP contribution < -0.4 is 20.2 Å². The van der Waals surface area contributed by atoms with Crippen molar-refractivity contribution >= 4 is 33.5 Å². The summed E-state index contributed by atoms with van der Waals surface area (Å²) in [5.74, 6) is -2.39. The van der Waals surface area contributed by atoms with E-state index in [1.807, 2.05) is 30.3 Å². The van der Waals surface area contributed by atoms with Gasteiger partial charge in [-0.05, 0) is 42.8 Å². The molecule has 0 fully saturated rings. The smallest absolute Gasteiger partial charge is 0.435 e. The molecule has 13 heteroatoms. The molecule has 3 heterocycles. The first-order valence-electron chi connectivity index (χ1n) is 13.1. The number of aromatic nitrogens is 4. The number of carbonyl (C=O) groups excluding carboxylic acids is 1. The molecule has 44 heavy (non-hydrogen) atoms. The molecule has 0 bridgehead atoms. The van der Waals surface area contributed by atoms with Crippen molar-refractivity contribution in [3.8, 4) is 28.5 Å². The maximum atomic E-state index is 15.2. The number of amides is 1. The summed E-state index contributed by atoms with van der Waals surface area (Å²) in [5.41, 5.74) is 1.53. The van der Waals surface area contributed by atoms with E-state index in [-0.39, 0.29) is 34.0 Å². The summed E-state index contributed by atoms with van der Waals surface area (Å²) >= 11 is 0. The lowest BCUT2D eigenvalue weighted by molar-refractivity contribution is -0.274. The Bertz CT molecular complexity index is 2120. The largest absolute Gasteiger partial charge is 0.573 e. The number of aromatic amines is 1. The van der Waals surface area contributed by atoms with Crippen LogP contribution >= 0.6 is 0 Å². The van der Waals surface area contributed by atoms with E-state index in [0.29, 0.717) is 16.6 Å². The summed E-state index contributed by atoms with van der Waals surface area (Å²) in [7, 11) is 1.56. The van der Waals surface area contributed by atoms with Crippen molar-refractivity contribution < 1.29 is 31.8 Å². The number of nitrogens with one attached hydrogen (secondary N) is 2. The van der Waals surface area contributed by atoms with Crippen molar-refractivity contribution in [1.29, 1.82) is 0 Å². The predicted octanol–water partition coefficient (Wildman–Crippen LogP) is 6.87. The van der Waals surface area contributed by atoms with E-state index in [4.69, 9.17) is 4.74 Å². The second kappa shape index (κ2) is 10.8. The Hall–Kier alpha value is -5.72. The Morgan fingerprint density at radius 1 is 1.02 bits per heavy atom. The van der Waals surface area contributed by atoms with Crippen LogP contribution in [-0.4, -0.2) is 31.8 Å². The van der Waals surface area contributed by atoms with Crippen LogP contribution in [0.15, 0.2) is 84.0 Å². The van der Waals surface area contributed by atoms with E-state index >= 15 is 4.39 Å². The first kappa shape index (κ1) is 28.4. The minimum atomic E-state index is -4.96. The number of ether oxygens (including phenoxy) is 2. The fourth-order valence-electron chi connectivity index (χ4n) is 4.92. The number of fused-ring (bicyclic) bond motifs is 2. The maximum absolute atomic E-state index is 15.2. The fourth-order valence-corrected chi connectivity index (χ4v) is 4.92. The topological polar surface area (TPSA) is 111 Å². The van der Waals surface area contributed by atoms with Gasteiger partial charge in [-0.15, -0.1) is 13.2 Å². The van der Waals surface area contributed by atoms with Crippen LogP contribution in [0.25, 0.3) is 33.1 Å². The molecule has 1 amide bonds. The third-order valence-electron chi connectivity index (χ3n) is 7.04. The molecule has 0 atom stereocenters. The maximum Gasteiger partial charge on any atom is 0.573 e. The Balaban J connectivity index is 1.29. The molecule has 0 radical (unpaired) electrons. The van der Waals surface area contributed by atoms with Gasteiger partial charge in [0.25, 0.3) is 5.91 Å². The zero-order valence-electron chi connectivity index (χ0n) is 23.0. The molecule has 0 spiro atoms. The predicted molar refractivity (Wildman–Crippen MR) is 154 cm³/mol. The van der Waals surface area contributed by atoms with Crippen LogP contribution in [0.4, 0.5) is 23.2 Å². The van der Waals surface area contributed by atoms with Gasteiger partial charge in [0.15, 0.2) is 11.6 Å². The van der Waals surface area contributed by atoms with E-state index in [9.17, 15) is 22.8 Å². The molecule has 222 valence electrons. The molecule has 3 aromatic heterocycles. The Morgan fingerprint density at radius 2 is 1.80 bits per heavy atom. The highest BCUT2D eigenvalue weighted by Gasteiger charge is 2.31. The zero-order chi connectivity index (χ0) is 31.2. The summed E-state index contributed by atoms with van der Waals surface area (Å²) in [6, 6.07) is 16.4. The van der Waals surface area contributed by atoms with Crippen molar-refractivity contribution in [2.24, 2.45) is 7.05 Å². The number of anilines is 1. The molecule has 0 saturated carbocycles. The fraction of sp³-hybridized carbons (Fsp3) is 0.0968. The molecular formula is C31H21F4N5O4. The standard InChI is InChI=1S/C31H21F4N5O4/c1-16-25(27(41)20-13-19(44-31(33,34)35)9-10-23(20)40(16)2)29(42)39-18-8-11-24(22(32)12-18)43-30-26-21(17-6-4-3-5-7-17)14-36-28(26)37-15-38-30/h3-15H,1-2H3,(H,39,42)(H,36,37,38). The number of halogens is 4. The molecule has 0 aliphatic rings. The van der Waals surface area contributed by atoms with E-state index in [1.165, 1.54) is 36.0 Å². The molecule has 3 aromatic carbocycles. The molecule has 6 aromatic rings. The number of H-pyrrole nitrogens is 1. The Labute approximate surface area is 245 Å². The number of pyridine rings is 1. The highest BCUT2D eigenvalue weighted by molar-refractivity contribution is 6.07. The average molecular weight is 604 g/mol. The molecule has 6 rings (SSSR count). The summed E-state index contributed by atoms with van der Waals surface area (Å²) in [6.45, 7) is 1.51. The van der Waals surface area contributed by atoms with Crippen LogP contribution in [-0.2, 0) is 7.05 Å². The second-order valence-corrected chi connectivity index (χ2v) is 9.75. The van der Waals surface area contributed by atoms with Gasteiger partial charge in [0.2, 0.25) is 11.3 Å². The molecule has 0 saturated heterocycles.